The van der Waals surface area contributed by atoms with E-state index in [0.717, 1.165) is 0 Å². The second kappa shape index (κ2) is 7.93. The molecule has 0 spiro atoms. The molecule has 172 valence electrons. The van der Waals surface area contributed by atoms with Crippen LogP contribution in [0.25, 0.3) is 49.5 Å². The predicted octanol–water partition coefficient (Wildman–Crippen LogP) is 7.28. The normalized spacial score (nSPS) is 12.1. The van der Waals surface area contributed by atoms with Gasteiger partial charge in [-0.05, 0) is 47.5 Å². The van der Waals surface area contributed by atoms with Gasteiger partial charge < -0.3 is 4.57 Å². The predicted molar refractivity (Wildman–Crippen MR) is 153 cm³/mol. The zero-order valence-corrected chi connectivity index (χ0v) is 22.1. The summed E-state index contributed by atoms with van der Waals surface area (Å²) in [5, 5.41) is 6.61. The topological polar surface area (TPSA) is 8.81 Å². The summed E-state index contributed by atoms with van der Waals surface area (Å²) in [5.74, 6) is 0. The Morgan fingerprint density at radius 3 is 2.06 bits per heavy atom. The maximum absolute atomic E-state index is 2.43. The van der Waals surface area contributed by atoms with Crippen LogP contribution in [0.4, 0.5) is 0 Å². The summed E-state index contributed by atoms with van der Waals surface area (Å²) in [6.45, 7) is 9.43. The average molecular weight is 472 g/mol. The molecule has 3 heteroatoms. The Morgan fingerprint density at radius 2 is 1.34 bits per heavy atom. The number of para-hydroxylation sites is 1. The van der Waals surface area contributed by atoms with Crippen molar-refractivity contribution < 1.29 is 4.57 Å². The summed E-state index contributed by atoms with van der Waals surface area (Å²) in [6, 6.07) is 33.7. The van der Waals surface area contributed by atoms with E-state index in [1.54, 1.807) is 0 Å². The smallest absolute Gasteiger partial charge is 0.214 e. The Balaban J connectivity index is 1.64. The first-order chi connectivity index (χ1) is 16.8. The fraction of sp³-hybridized carbons (Fsp3) is 0.156. The molecule has 0 saturated carbocycles. The van der Waals surface area contributed by atoms with Crippen molar-refractivity contribution in [2.24, 2.45) is 7.05 Å². The van der Waals surface area contributed by atoms with Crippen LogP contribution >= 0.6 is 0 Å². The minimum absolute atomic E-state index is 1.22. The molecule has 2 nitrogen and oxygen atoms in total. The lowest BCUT2D eigenvalue weighted by molar-refractivity contribution is -0.659. The van der Waals surface area contributed by atoms with E-state index in [1.807, 2.05) is 0 Å². The van der Waals surface area contributed by atoms with Crippen molar-refractivity contribution in [3.05, 3.63) is 103 Å². The summed E-state index contributed by atoms with van der Waals surface area (Å²) in [7, 11) is 0.815. The number of rotatable bonds is 3. The van der Waals surface area contributed by atoms with Crippen LogP contribution in [0.2, 0.25) is 19.6 Å². The second-order valence-corrected chi connectivity index (χ2v) is 15.8. The fourth-order valence-corrected chi connectivity index (χ4v) is 6.51. The molecule has 0 aliphatic carbocycles. The summed E-state index contributed by atoms with van der Waals surface area (Å²) >= 11 is 0. The largest absolute Gasteiger partial charge is 0.309 e. The van der Waals surface area contributed by atoms with E-state index in [4.69, 9.17) is 0 Å². The standard InChI is InChI=1S/C32H31N2Si/c1-22-18-23-10-6-7-11-24(23)19-28(22)31-20-32-29(21-33(31)2)27-12-8-9-13-30(27)34(32)25-14-16-26(17-15-25)35(3,4)5/h6-21H,1-5H3/q+1. The molecule has 6 aromatic rings. The molecule has 0 atom stereocenters. The van der Waals surface area contributed by atoms with Crippen molar-refractivity contribution >= 4 is 45.8 Å². The van der Waals surface area contributed by atoms with Gasteiger partial charge in [0.1, 0.15) is 7.05 Å². The highest BCUT2D eigenvalue weighted by molar-refractivity contribution is 6.88. The monoisotopic (exact) mass is 471 g/mol. The van der Waals surface area contributed by atoms with Gasteiger partial charge in [-0.25, -0.2) is 4.57 Å². The zero-order valence-electron chi connectivity index (χ0n) is 21.1. The third kappa shape index (κ3) is 3.58. The number of hydrogen-bond acceptors (Lipinski definition) is 0. The van der Waals surface area contributed by atoms with Crippen molar-refractivity contribution in [2.75, 3.05) is 0 Å². The van der Waals surface area contributed by atoms with Crippen LogP contribution in [0.15, 0.2) is 97.2 Å². The molecule has 0 radical (unpaired) electrons. The Labute approximate surface area is 208 Å². The van der Waals surface area contributed by atoms with Crippen LogP contribution in [0.3, 0.4) is 0 Å². The number of aryl methyl sites for hydroxylation is 2. The Hall–Kier alpha value is -3.69. The lowest BCUT2D eigenvalue weighted by Crippen LogP contribution is -2.37. The van der Waals surface area contributed by atoms with Crippen LogP contribution in [0.5, 0.6) is 0 Å². The van der Waals surface area contributed by atoms with Crippen LogP contribution in [-0.4, -0.2) is 12.6 Å². The first-order valence-electron chi connectivity index (χ1n) is 12.3. The minimum Gasteiger partial charge on any atom is -0.309 e. The summed E-state index contributed by atoms with van der Waals surface area (Å²) in [5.41, 5.74) is 7.50. The van der Waals surface area contributed by atoms with Gasteiger partial charge >= 0.3 is 0 Å². The van der Waals surface area contributed by atoms with Crippen molar-refractivity contribution in [3.63, 3.8) is 0 Å². The van der Waals surface area contributed by atoms with Crippen LogP contribution in [-0.2, 0) is 7.05 Å². The molecular weight excluding hydrogens is 440 g/mol. The van der Waals surface area contributed by atoms with Crippen LogP contribution in [0, 0.1) is 6.92 Å². The first-order valence-corrected chi connectivity index (χ1v) is 15.8. The van der Waals surface area contributed by atoms with Crippen molar-refractivity contribution in [3.8, 4) is 16.9 Å². The number of hydrogen-bond donors (Lipinski definition) is 0. The molecule has 0 N–H and O–H groups in total. The van der Waals surface area contributed by atoms with E-state index >= 15 is 0 Å². The summed E-state index contributed by atoms with van der Waals surface area (Å²) in [6.07, 6.45) is 2.30. The Bertz CT molecular complexity index is 1730. The number of benzene rings is 4. The van der Waals surface area contributed by atoms with Crippen LogP contribution in [0.1, 0.15) is 5.56 Å². The molecule has 6 rings (SSSR count). The Morgan fingerprint density at radius 1 is 0.686 bits per heavy atom. The minimum atomic E-state index is -1.35. The SMILES string of the molecule is Cc1cc2ccccc2cc1-c1cc2c(c[n+]1C)c1ccccc1n2-c1ccc([Si](C)(C)C)cc1. The molecule has 2 heterocycles. The lowest BCUT2D eigenvalue weighted by Gasteiger charge is -2.17. The molecule has 2 aromatic heterocycles. The lowest BCUT2D eigenvalue weighted by atomic mass is 9.98. The molecule has 4 aromatic carbocycles. The number of pyridine rings is 1. The summed E-state index contributed by atoms with van der Waals surface area (Å²) in [4.78, 5) is 0. The van der Waals surface area contributed by atoms with E-state index in [-0.39, 0.29) is 0 Å². The quantitative estimate of drug-likeness (QED) is 0.189. The maximum Gasteiger partial charge on any atom is 0.214 e. The number of aromatic nitrogens is 2. The van der Waals surface area contributed by atoms with Gasteiger partial charge in [-0.2, -0.15) is 0 Å². The maximum atomic E-state index is 2.43. The van der Waals surface area contributed by atoms with Gasteiger partial charge in [0, 0.05) is 22.7 Å². The highest BCUT2D eigenvalue weighted by Gasteiger charge is 2.21. The molecule has 0 amide bonds. The molecule has 0 aliphatic heterocycles. The van der Waals surface area contributed by atoms with Gasteiger partial charge in [0.15, 0.2) is 6.20 Å². The van der Waals surface area contributed by atoms with Gasteiger partial charge in [0.25, 0.3) is 0 Å². The molecule has 0 fully saturated rings. The van der Waals surface area contributed by atoms with E-state index < -0.39 is 8.07 Å². The van der Waals surface area contributed by atoms with E-state index in [2.05, 4.69) is 140 Å². The molecular formula is C32H31N2Si+. The van der Waals surface area contributed by atoms with Gasteiger partial charge in [0.2, 0.25) is 5.69 Å². The molecule has 0 unspecified atom stereocenters. The van der Waals surface area contributed by atoms with E-state index in [0.29, 0.717) is 0 Å². The molecule has 0 saturated heterocycles. The third-order valence-corrected chi connectivity index (χ3v) is 9.35. The van der Waals surface area contributed by atoms with E-state index in [9.17, 15) is 0 Å². The number of fused-ring (bicyclic) bond motifs is 4. The first kappa shape index (κ1) is 21.8. The zero-order chi connectivity index (χ0) is 24.3. The fourth-order valence-electron chi connectivity index (χ4n) is 5.34. The Kier molecular flexibility index (Phi) is 4.94. The highest BCUT2D eigenvalue weighted by Crippen LogP contribution is 2.34. The average Bonchev–Trinajstić information content (AvgIpc) is 3.16. The summed E-state index contributed by atoms with van der Waals surface area (Å²) < 4.78 is 4.71. The molecule has 0 bridgehead atoms. The van der Waals surface area contributed by atoms with Crippen molar-refractivity contribution in [2.45, 2.75) is 26.6 Å². The highest BCUT2D eigenvalue weighted by atomic mass is 28.3. The van der Waals surface area contributed by atoms with Gasteiger partial charge in [-0.3, -0.25) is 0 Å². The van der Waals surface area contributed by atoms with Gasteiger partial charge in [-0.15, -0.1) is 0 Å². The van der Waals surface area contributed by atoms with Crippen LogP contribution < -0.4 is 9.75 Å². The number of nitrogens with zero attached hydrogens (tertiary/aromatic N) is 2. The van der Waals surface area contributed by atoms with Gasteiger partial charge in [-0.1, -0.05) is 85.5 Å². The van der Waals surface area contributed by atoms with Crippen molar-refractivity contribution in [1.29, 1.82) is 0 Å². The third-order valence-electron chi connectivity index (χ3n) is 7.29. The van der Waals surface area contributed by atoms with Gasteiger partial charge in [0.05, 0.1) is 24.5 Å². The van der Waals surface area contributed by atoms with E-state index in [1.165, 1.54) is 60.3 Å². The second-order valence-electron chi connectivity index (χ2n) is 10.7. The molecule has 0 aliphatic rings. The van der Waals surface area contributed by atoms with Crippen molar-refractivity contribution in [1.82, 2.24) is 4.57 Å². The molecule has 35 heavy (non-hydrogen) atoms.